The van der Waals surface area contributed by atoms with Crippen LogP contribution in [-0.4, -0.2) is 30.6 Å². The second kappa shape index (κ2) is 8.11. The zero-order valence-electron chi connectivity index (χ0n) is 13.8. The first-order valence-electron chi connectivity index (χ1n) is 8.14. The van der Waals surface area contributed by atoms with Gasteiger partial charge in [-0.25, -0.2) is 0 Å². The van der Waals surface area contributed by atoms with Crippen LogP contribution >= 0.6 is 0 Å². The molecule has 1 saturated carbocycles. The normalized spacial score (nSPS) is 18.0. The number of carbonyl (C=O) groups is 2. The number of methoxy groups -OCH3 is 1. The molecular weight excluding hydrogens is 294 g/mol. The second-order valence-electron chi connectivity index (χ2n) is 6.09. The monoisotopic (exact) mass is 319 g/mol. The minimum Gasteiger partial charge on any atom is -0.468 e. The van der Waals surface area contributed by atoms with Gasteiger partial charge in [0.25, 0.3) is 0 Å². The molecule has 1 fully saturated rings. The van der Waals surface area contributed by atoms with Gasteiger partial charge in [0.15, 0.2) is 0 Å². The van der Waals surface area contributed by atoms with Crippen molar-refractivity contribution in [2.24, 2.45) is 0 Å². The highest BCUT2D eigenvalue weighted by molar-refractivity contribution is 5.83. The van der Waals surface area contributed by atoms with Crippen molar-refractivity contribution in [1.29, 1.82) is 0 Å². The summed E-state index contributed by atoms with van der Waals surface area (Å²) >= 11 is 0. The Hall–Kier alpha value is -1.88. The largest absolute Gasteiger partial charge is 0.468 e. The third-order valence-corrected chi connectivity index (χ3v) is 4.36. The van der Waals surface area contributed by atoms with Gasteiger partial charge in [-0.3, -0.25) is 14.9 Å². The van der Waals surface area contributed by atoms with Gasteiger partial charge in [0.05, 0.1) is 7.11 Å². The highest BCUT2D eigenvalue weighted by atomic mass is 16.5. The summed E-state index contributed by atoms with van der Waals surface area (Å²) in [7, 11) is 1.35. The van der Waals surface area contributed by atoms with E-state index in [9.17, 15) is 9.59 Å². The van der Waals surface area contributed by atoms with Gasteiger partial charge < -0.3 is 9.47 Å². The van der Waals surface area contributed by atoms with Crippen LogP contribution in [0.4, 0.5) is 0 Å². The Balaban J connectivity index is 2.04. The van der Waals surface area contributed by atoms with Crippen LogP contribution < -0.4 is 5.32 Å². The predicted octanol–water partition coefficient (Wildman–Crippen LogP) is 2.58. The van der Waals surface area contributed by atoms with Crippen LogP contribution in [0.1, 0.15) is 44.6 Å². The minimum absolute atomic E-state index is 0.246. The first kappa shape index (κ1) is 17.5. The molecule has 0 amide bonds. The van der Waals surface area contributed by atoms with Crippen LogP contribution in [0.5, 0.6) is 0 Å². The smallest absolute Gasteiger partial charge is 0.326 e. The van der Waals surface area contributed by atoms with Gasteiger partial charge in [-0.15, -0.1) is 0 Å². The van der Waals surface area contributed by atoms with E-state index in [0.29, 0.717) is 12.8 Å². The number of rotatable bonds is 6. The fourth-order valence-corrected chi connectivity index (χ4v) is 3.07. The Kier molecular flexibility index (Phi) is 6.16. The lowest BCUT2D eigenvalue weighted by Crippen LogP contribution is -2.58. The van der Waals surface area contributed by atoms with E-state index in [4.69, 9.17) is 9.47 Å². The highest BCUT2D eigenvalue weighted by Gasteiger charge is 2.42. The van der Waals surface area contributed by atoms with Gasteiger partial charge in [-0.2, -0.15) is 0 Å². The van der Waals surface area contributed by atoms with E-state index in [1.165, 1.54) is 7.11 Å². The van der Waals surface area contributed by atoms with Crippen LogP contribution in [0.3, 0.4) is 0 Å². The van der Waals surface area contributed by atoms with Gasteiger partial charge in [-0.1, -0.05) is 49.6 Å². The Morgan fingerprint density at radius 2 is 1.83 bits per heavy atom. The van der Waals surface area contributed by atoms with Crippen molar-refractivity contribution in [3.8, 4) is 0 Å². The molecular formula is C18H25NO4. The summed E-state index contributed by atoms with van der Waals surface area (Å²) in [6.07, 6.45) is 4.36. The summed E-state index contributed by atoms with van der Waals surface area (Å²) in [5, 5.41) is 3.17. The number of nitrogens with one attached hydrogen (secondary N) is 1. The summed E-state index contributed by atoms with van der Waals surface area (Å²) < 4.78 is 10.3. The van der Waals surface area contributed by atoms with Crippen molar-refractivity contribution in [1.82, 2.24) is 5.32 Å². The first-order chi connectivity index (χ1) is 11.1. The maximum atomic E-state index is 12.7. The minimum atomic E-state index is -0.791. The summed E-state index contributed by atoms with van der Waals surface area (Å²) in [5.74, 6) is -0.650. The third-order valence-electron chi connectivity index (χ3n) is 4.36. The van der Waals surface area contributed by atoms with E-state index in [0.717, 1.165) is 24.8 Å². The molecule has 1 aromatic carbocycles. The molecule has 126 valence electrons. The van der Waals surface area contributed by atoms with Crippen molar-refractivity contribution >= 4 is 11.9 Å². The molecule has 23 heavy (non-hydrogen) atoms. The molecule has 0 radical (unpaired) electrons. The molecule has 0 spiro atoms. The Bertz CT molecular complexity index is 523. The fraction of sp³-hybridized carbons (Fsp3) is 0.556. The summed E-state index contributed by atoms with van der Waals surface area (Å²) in [4.78, 5) is 24.4. The van der Waals surface area contributed by atoms with E-state index in [-0.39, 0.29) is 18.5 Å². The van der Waals surface area contributed by atoms with E-state index in [2.05, 4.69) is 5.32 Å². The number of benzene rings is 1. The molecule has 1 aromatic rings. The molecule has 1 aliphatic rings. The number of esters is 2. The Labute approximate surface area is 137 Å². The summed E-state index contributed by atoms with van der Waals surface area (Å²) in [6.45, 7) is 1.96. The van der Waals surface area contributed by atoms with Crippen molar-refractivity contribution in [2.45, 2.75) is 57.2 Å². The zero-order chi connectivity index (χ0) is 16.7. The van der Waals surface area contributed by atoms with Crippen molar-refractivity contribution in [3.05, 3.63) is 35.9 Å². The molecule has 5 heteroatoms. The Morgan fingerprint density at radius 3 is 2.43 bits per heavy atom. The lowest BCUT2D eigenvalue weighted by Gasteiger charge is -2.37. The molecule has 0 aromatic heterocycles. The summed E-state index contributed by atoms with van der Waals surface area (Å²) in [6, 6.07) is 9.06. The van der Waals surface area contributed by atoms with E-state index in [1.807, 2.05) is 30.3 Å². The van der Waals surface area contributed by atoms with Gasteiger partial charge in [0, 0.05) is 0 Å². The maximum absolute atomic E-state index is 12.7. The van der Waals surface area contributed by atoms with Gasteiger partial charge in [0.1, 0.15) is 18.2 Å². The molecule has 5 nitrogen and oxygen atoms in total. The average Bonchev–Trinajstić information content (AvgIpc) is 2.60. The molecule has 1 N–H and O–H groups in total. The van der Waals surface area contributed by atoms with Crippen molar-refractivity contribution in [2.75, 3.05) is 7.11 Å². The molecule has 0 saturated heterocycles. The number of ether oxygens (including phenoxy) is 2. The topological polar surface area (TPSA) is 64.6 Å². The summed E-state index contributed by atoms with van der Waals surface area (Å²) in [5.41, 5.74) is 0.161. The lowest BCUT2D eigenvalue weighted by molar-refractivity contribution is -0.156. The molecule has 0 bridgehead atoms. The average molecular weight is 319 g/mol. The van der Waals surface area contributed by atoms with Crippen LogP contribution in [0.25, 0.3) is 0 Å². The zero-order valence-corrected chi connectivity index (χ0v) is 13.8. The lowest BCUT2D eigenvalue weighted by atomic mass is 9.81. The van der Waals surface area contributed by atoms with E-state index >= 15 is 0 Å². The van der Waals surface area contributed by atoms with Gasteiger partial charge in [-0.05, 0) is 25.3 Å². The van der Waals surface area contributed by atoms with Crippen LogP contribution in [0.15, 0.2) is 30.3 Å². The van der Waals surface area contributed by atoms with Crippen LogP contribution in [0, 0.1) is 0 Å². The quantitative estimate of drug-likeness (QED) is 0.817. The maximum Gasteiger partial charge on any atom is 0.326 e. The van der Waals surface area contributed by atoms with Crippen molar-refractivity contribution < 1.29 is 19.1 Å². The SMILES string of the molecule is COC(=O)[C@H](C)NC1(C(=O)OCc2ccccc2)CCCCC1. The number of carbonyl (C=O) groups excluding carboxylic acids is 2. The van der Waals surface area contributed by atoms with Crippen molar-refractivity contribution in [3.63, 3.8) is 0 Å². The molecule has 0 unspecified atom stereocenters. The molecule has 0 heterocycles. The van der Waals surface area contributed by atoms with E-state index < -0.39 is 11.6 Å². The van der Waals surface area contributed by atoms with Gasteiger partial charge >= 0.3 is 11.9 Å². The fourth-order valence-electron chi connectivity index (χ4n) is 3.07. The molecule has 2 rings (SSSR count). The third kappa shape index (κ3) is 4.55. The van der Waals surface area contributed by atoms with Crippen LogP contribution in [0.2, 0.25) is 0 Å². The van der Waals surface area contributed by atoms with E-state index in [1.54, 1.807) is 6.92 Å². The van der Waals surface area contributed by atoms with Gasteiger partial charge in [0.2, 0.25) is 0 Å². The highest BCUT2D eigenvalue weighted by Crippen LogP contribution is 2.30. The first-order valence-corrected chi connectivity index (χ1v) is 8.14. The van der Waals surface area contributed by atoms with Crippen LogP contribution in [-0.2, 0) is 25.7 Å². The number of hydrogen-bond donors (Lipinski definition) is 1. The molecule has 0 aliphatic heterocycles. The molecule has 1 atom stereocenters. The second-order valence-corrected chi connectivity index (χ2v) is 6.09. The predicted molar refractivity (Wildman–Crippen MR) is 86.7 cm³/mol. The standard InChI is InChI=1S/C18H25NO4/c1-14(16(20)22-2)19-18(11-7-4-8-12-18)17(21)23-13-15-9-5-3-6-10-15/h3,5-6,9-10,14,19H,4,7-8,11-13H2,1-2H3/t14-/m0/s1. The molecule has 1 aliphatic carbocycles. The Morgan fingerprint density at radius 1 is 1.17 bits per heavy atom. The number of hydrogen-bond acceptors (Lipinski definition) is 5.